The van der Waals surface area contributed by atoms with Crippen LogP contribution in [0, 0.1) is 0 Å². The first kappa shape index (κ1) is 32.1. The Morgan fingerprint density at radius 1 is 0.739 bits per heavy atom. The predicted octanol–water partition coefficient (Wildman–Crippen LogP) is 8.39. The molecule has 0 bridgehead atoms. The minimum Gasteiger partial charge on any atom is -0.325 e. The number of hydrogen-bond acceptors (Lipinski definition) is 4. The van der Waals surface area contributed by atoms with E-state index in [1.54, 1.807) is 67.6 Å². The molecule has 0 heterocycles. The van der Waals surface area contributed by atoms with Crippen LogP contribution in [-0.4, -0.2) is 23.0 Å². The van der Waals surface area contributed by atoms with Crippen LogP contribution in [0.5, 0.6) is 0 Å². The van der Waals surface area contributed by atoms with Gasteiger partial charge in [0.25, 0.3) is 11.8 Å². The third kappa shape index (κ3) is 8.22. The molecule has 0 fully saturated rings. The van der Waals surface area contributed by atoms with E-state index in [4.69, 9.17) is 0 Å². The molecule has 0 aliphatic rings. The number of benzene rings is 5. The van der Waals surface area contributed by atoms with Crippen LogP contribution >= 0.6 is 11.8 Å². The van der Waals surface area contributed by atoms with Gasteiger partial charge in [-0.3, -0.25) is 14.4 Å². The normalized spacial score (nSPS) is 12.3. The van der Waals surface area contributed by atoms with E-state index in [-0.39, 0.29) is 11.4 Å². The maximum atomic E-state index is 13.5. The third-order valence-corrected chi connectivity index (χ3v) is 8.02. The van der Waals surface area contributed by atoms with Crippen molar-refractivity contribution in [3.05, 3.63) is 144 Å². The van der Waals surface area contributed by atoms with E-state index < -0.39 is 34.7 Å². The van der Waals surface area contributed by atoms with Gasteiger partial charge >= 0.3 is 6.18 Å². The first-order valence-electron chi connectivity index (χ1n) is 14.2. The van der Waals surface area contributed by atoms with Crippen molar-refractivity contribution in [3.8, 4) is 0 Å². The fourth-order valence-electron chi connectivity index (χ4n) is 4.56. The van der Waals surface area contributed by atoms with Crippen molar-refractivity contribution in [2.75, 3.05) is 10.6 Å². The van der Waals surface area contributed by atoms with Crippen LogP contribution in [0.1, 0.15) is 28.4 Å². The Bertz CT molecular complexity index is 1900. The summed E-state index contributed by atoms with van der Waals surface area (Å²) in [6.07, 6.45) is -2.88. The third-order valence-electron chi connectivity index (χ3n) is 6.90. The first-order valence-corrected chi connectivity index (χ1v) is 15.1. The molecule has 0 radical (unpaired) electrons. The number of thioether (sulfide) groups is 1. The van der Waals surface area contributed by atoms with E-state index in [2.05, 4.69) is 16.0 Å². The molecule has 10 heteroatoms. The van der Waals surface area contributed by atoms with Gasteiger partial charge in [0.1, 0.15) is 5.70 Å². The summed E-state index contributed by atoms with van der Waals surface area (Å²) >= 11 is 1.21. The van der Waals surface area contributed by atoms with Gasteiger partial charge in [0.2, 0.25) is 5.91 Å². The summed E-state index contributed by atoms with van der Waals surface area (Å²) in [5.41, 5.74) is 0.847. The maximum Gasteiger partial charge on any atom is 0.416 e. The van der Waals surface area contributed by atoms with E-state index in [1.165, 1.54) is 23.9 Å². The van der Waals surface area contributed by atoms with E-state index in [9.17, 15) is 27.6 Å². The molecule has 0 aromatic heterocycles. The quantitative estimate of drug-likeness (QED) is 0.112. The van der Waals surface area contributed by atoms with Crippen LogP contribution in [0.2, 0.25) is 0 Å². The summed E-state index contributed by atoms with van der Waals surface area (Å²) in [5.74, 6) is -1.43. The van der Waals surface area contributed by atoms with Gasteiger partial charge in [-0.05, 0) is 83.9 Å². The fraction of sp³-hybridized carbons (Fsp3) is 0.0833. The zero-order valence-corrected chi connectivity index (χ0v) is 25.3. The Morgan fingerprint density at radius 3 is 2.15 bits per heavy atom. The van der Waals surface area contributed by atoms with Crippen LogP contribution < -0.4 is 16.0 Å². The molecule has 0 saturated carbocycles. The molecule has 0 aliphatic heterocycles. The van der Waals surface area contributed by atoms with Crippen LogP contribution in [0.25, 0.3) is 16.8 Å². The molecule has 5 rings (SSSR count). The van der Waals surface area contributed by atoms with E-state index >= 15 is 0 Å². The van der Waals surface area contributed by atoms with Gasteiger partial charge < -0.3 is 16.0 Å². The van der Waals surface area contributed by atoms with Crippen molar-refractivity contribution in [1.29, 1.82) is 0 Å². The topological polar surface area (TPSA) is 87.3 Å². The zero-order chi connectivity index (χ0) is 32.7. The molecule has 1 atom stereocenters. The highest BCUT2D eigenvalue weighted by molar-refractivity contribution is 8.00. The predicted molar refractivity (Wildman–Crippen MR) is 176 cm³/mol. The summed E-state index contributed by atoms with van der Waals surface area (Å²) in [6, 6.07) is 33.2. The lowest BCUT2D eigenvalue weighted by molar-refractivity contribution is -0.137. The molecule has 1 unspecified atom stereocenters. The molecule has 0 aliphatic carbocycles. The smallest absolute Gasteiger partial charge is 0.325 e. The Balaban J connectivity index is 1.29. The van der Waals surface area contributed by atoms with Crippen molar-refractivity contribution in [2.24, 2.45) is 0 Å². The van der Waals surface area contributed by atoms with Crippen molar-refractivity contribution in [2.45, 2.75) is 23.2 Å². The van der Waals surface area contributed by atoms with Crippen molar-refractivity contribution >= 4 is 57.7 Å². The van der Waals surface area contributed by atoms with Crippen LogP contribution in [0.3, 0.4) is 0 Å². The molecule has 3 N–H and O–H groups in total. The van der Waals surface area contributed by atoms with Crippen LogP contribution in [0.15, 0.2) is 132 Å². The lowest BCUT2D eigenvalue weighted by Crippen LogP contribution is -2.30. The van der Waals surface area contributed by atoms with Gasteiger partial charge in [0.05, 0.1) is 10.8 Å². The molecular formula is C36H28F3N3O3S. The number of nitrogens with one attached hydrogen (secondary N) is 3. The Hall–Kier alpha value is -5.35. The summed E-state index contributed by atoms with van der Waals surface area (Å²) in [7, 11) is 0. The van der Waals surface area contributed by atoms with Crippen molar-refractivity contribution in [3.63, 3.8) is 0 Å². The summed E-state index contributed by atoms with van der Waals surface area (Å²) in [6.45, 7) is 1.64. The summed E-state index contributed by atoms with van der Waals surface area (Å²) in [4.78, 5) is 39.9. The second kappa shape index (κ2) is 14.2. The van der Waals surface area contributed by atoms with Crippen LogP contribution in [0.4, 0.5) is 24.5 Å². The highest BCUT2D eigenvalue weighted by atomic mass is 32.2. The van der Waals surface area contributed by atoms with Crippen LogP contribution in [-0.2, 0) is 15.8 Å². The number of alkyl halides is 3. The Kier molecular flexibility index (Phi) is 9.88. The molecule has 5 aromatic carbocycles. The monoisotopic (exact) mass is 639 g/mol. The van der Waals surface area contributed by atoms with E-state index in [1.807, 2.05) is 42.5 Å². The first-order chi connectivity index (χ1) is 22.1. The molecule has 0 spiro atoms. The largest absolute Gasteiger partial charge is 0.416 e. The number of halogens is 3. The molecule has 0 saturated heterocycles. The standard InChI is InChI=1S/C36H28F3N3O3S/c1-23(33(43)41-29-15-8-14-27(22-29)36(37,38)39)46-30-19-17-28(18-20-30)40-35(45)32(42-34(44)25-10-3-2-4-11-25)21-26-13-7-12-24-9-5-6-16-31(24)26/h2-23H,1H3,(H,40,45)(H,41,43)(H,42,44)/b32-21-. The van der Waals surface area contributed by atoms with E-state index in [0.717, 1.165) is 28.5 Å². The Labute approximate surface area is 267 Å². The number of anilines is 2. The fourth-order valence-corrected chi connectivity index (χ4v) is 5.43. The minimum atomic E-state index is -4.52. The van der Waals surface area contributed by atoms with Gasteiger partial charge in [-0.25, -0.2) is 0 Å². The summed E-state index contributed by atoms with van der Waals surface area (Å²) < 4.78 is 39.1. The van der Waals surface area contributed by atoms with Crippen molar-refractivity contribution < 1.29 is 27.6 Å². The number of hydrogen-bond donors (Lipinski definition) is 3. The molecule has 3 amide bonds. The maximum absolute atomic E-state index is 13.5. The zero-order valence-electron chi connectivity index (χ0n) is 24.5. The van der Waals surface area contributed by atoms with Gasteiger partial charge in [0.15, 0.2) is 0 Å². The summed E-state index contributed by atoms with van der Waals surface area (Å²) in [5, 5.41) is 9.36. The highest BCUT2D eigenvalue weighted by Crippen LogP contribution is 2.31. The molecule has 5 aromatic rings. The average Bonchev–Trinajstić information content (AvgIpc) is 3.05. The minimum absolute atomic E-state index is 0.0449. The highest BCUT2D eigenvalue weighted by Gasteiger charge is 2.30. The molecule has 6 nitrogen and oxygen atoms in total. The molecule has 46 heavy (non-hydrogen) atoms. The molecular weight excluding hydrogens is 611 g/mol. The lowest BCUT2D eigenvalue weighted by atomic mass is 10.0. The second-order valence-electron chi connectivity index (χ2n) is 10.3. The van der Waals surface area contributed by atoms with Gasteiger partial charge in [0, 0.05) is 21.8 Å². The molecule has 232 valence electrons. The van der Waals surface area contributed by atoms with Gasteiger partial charge in [-0.1, -0.05) is 66.7 Å². The lowest BCUT2D eigenvalue weighted by Gasteiger charge is -2.14. The number of rotatable bonds is 9. The number of amides is 3. The number of fused-ring (bicyclic) bond motifs is 1. The van der Waals surface area contributed by atoms with E-state index in [0.29, 0.717) is 16.1 Å². The number of carbonyl (C=O) groups excluding carboxylic acids is 3. The van der Waals surface area contributed by atoms with Gasteiger partial charge in [-0.15, -0.1) is 11.8 Å². The van der Waals surface area contributed by atoms with Crippen molar-refractivity contribution in [1.82, 2.24) is 5.32 Å². The SMILES string of the molecule is CC(Sc1ccc(NC(=O)/C(=C/c2cccc3ccccc23)NC(=O)c2ccccc2)cc1)C(=O)Nc1cccc(C(F)(F)F)c1. The second-order valence-corrected chi connectivity index (χ2v) is 11.7. The number of carbonyl (C=O) groups is 3. The van der Waals surface area contributed by atoms with Gasteiger partial charge in [-0.2, -0.15) is 13.2 Å². The Morgan fingerprint density at radius 2 is 1.41 bits per heavy atom. The average molecular weight is 640 g/mol.